The van der Waals surface area contributed by atoms with Crippen molar-refractivity contribution in [3.8, 4) is 5.75 Å². The van der Waals surface area contributed by atoms with Gasteiger partial charge in [-0.25, -0.2) is 4.99 Å². The molecule has 1 aliphatic heterocycles. The summed E-state index contributed by atoms with van der Waals surface area (Å²) in [6.45, 7) is 2.26. The predicted molar refractivity (Wildman–Crippen MR) is 137 cm³/mol. The molecule has 0 unspecified atom stereocenters. The van der Waals surface area contributed by atoms with Crippen LogP contribution in [0.3, 0.4) is 0 Å². The Labute approximate surface area is 208 Å². The van der Waals surface area contributed by atoms with Crippen LogP contribution in [-0.2, 0) is 11.4 Å². The van der Waals surface area contributed by atoms with E-state index >= 15 is 0 Å². The summed E-state index contributed by atoms with van der Waals surface area (Å²) in [7, 11) is 0. The Hall–Kier alpha value is -2.25. The van der Waals surface area contributed by atoms with Crippen LogP contribution >= 0.6 is 50.9 Å². The average Bonchev–Trinajstić information content (AvgIpc) is 3.10. The zero-order valence-corrected chi connectivity index (χ0v) is 20.8. The lowest BCUT2D eigenvalue weighted by Crippen LogP contribution is -2.19. The third-order valence-corrected chi connectivity index (χ3v) is 7.01. The molecule has 3 aromatic carbocycles. The van der Waals surface area contributed by atoms with Gasteiger partial charge in [-0.1, -0.05) is 53.5 Å². The Morgan fingerprint density at radius 2 is 1.88 bits per heavy atom. The summed E-state index contributed by atoms with van der Waals surface area (Å²) in [5.74, 6) is 0.498. The first-order valence-electron chi connectivity index (χ1n) is 9.61. The minimum atomic E-state index is -0.191. The van der Waals surface area contributed by atoms with E-state index in [2.05, 4.69) is 26.2 Å². The van der Waals surface area contributed by atoms with Gasteiger partial charge < -0.3 is 10.1 Å². The molecule has 32 heavy (non-hydrogen) atoms. The zero-order chi connectivity index (χ0) is 22.7. The number of hydrogen-bond donors (Lipinski definition) is 1. The van der Waals surface area contributed by atoms with E-state index < -0.39 is 0 Å². The molecule has 0 spiro atoms. The zero-order valence-electron chi connectivity index (χ0n) is 16.9. The van der Waals surface area contributed by atoms with Gasteiger partial charge in [0.05, 0.1) is 15.1 Å². The summed E-state index contributed by atoms with van der Waals surface area (Å²) < 4.78 is 6.67. The van der Waals surface area contributed by atoms with E-state index in [-0.39, 0.29) is 5.91 Å². The molecule has 0 radical (unpaired) electrons. The lowest BCUT2D eigenvalue weighted by Gasteiger charge is -2.10. The Kier molecular flexibility index (Phi) is 7.26. The second kappa shape index (κ2) is 10.1. The number of aliphatic imine (C=N–C) groups is 1. The van der Waals surface area contributed by atoms with E-state index in [0.29, 0.717) is 32.5 Å². The first-order valence-corrected chi connectivity index (χ1v) is 12.0. The molecular weight excluding hydrogens is 531 g/mol. The molecular formula is C24H17BrCl2N2O2S. The molecule has 0 bridgehead atoms. The van der Waals surface area contributed by atoms with Crippen LogP contribution in [0.25, 0.3) is 6.08 Å². The number of carbonyl (C=O) groups is 1. The summed E-state index contributed by atoms with van der Waals surface area (Å²) >= 11 is 17.2. The average molecular weight is 548 g/mol. The van der Waals surface area contributed by atoms with E-state index in [1.54, 1.807) is 0 Å². The number of rotatable bonds is 5. The molecule has 4 rings (SSSR count). The Morgan fingerprint density at radius 3 is 2.66 bits per heavy atom. The summed E-state index contributed by atoms with van der Waals surface area (Å²) in [6.07, 6.45) is 1.82. The maximum Gasteiger partial charge on any atom is 0.264 e. The van der Waals surface area contributed by atoms with Gasteiger partial charge in [0.2, 0.25) is 0 Å². The standard InChI is InChI=1S/C24H17BrCl2N2O2S/c1-14-18(26)7-4-8-20(14)28-24-29-23(30)22(32-24)12-15-9-10-21(17(25)11-15)31-13-16-5-2-3-6-19(16)27/h2-12H,13H2,1H3,(H,28,29,30)/b22-12+. The lowest BCUT2D eigenvalue weighted by molar-refractivity contribution is -0.115. The van der Waals surface area contributed by atoms with Gasteiger partial charge >= 0.3 is 0 Å². The van der Waals surface area contributed by atoms with Crippen molar-refractivity contribution >= 4 is 73.7 Å². The molecule has 3 aromatic rings. The number of nitrogens with zero attached hydrogens (tertiary/aromatic N) is 1. The number of hydrogen-bond acceptors (Lipinski definition) is 4. The highest BCUT2D eigenvalue weighted by Crippen LogP contribution is 2.33. The van der Waals surface area contributed by atoms with Crippen LogP contribution in [0, 0.1) is 6.92 Å². The van der Waals surface area contributed by atoms with Gasteiger partial charge in [0.25, 0.3) is 5.91 Å². The molecule has 162 valence electrons. The largest absolute Gasteiger partial charge is 0.488 e. The molecule has 1 amide bonds. The molecule has 8 heteroatoms. The SMILES string of the molecule is Cc1c(Cl)cccc1N=C1NC(=O)/C(=C\c2ccc(OCc3ccccc3Cl)c(Br)c2)S1. The van der Waals surface area contributed by atoms with Crippen LogP contribution in [0.5, 0.6) is 5.75 Å². The normalized spacial score (nSPS) is 15.9. The van der Waals surface area contributed by atoms with Crippen LogP contribution in [0.15, 0.2) is 75.0 Å². The van der Waals surface area contributed by atoms with Crippen molar-refractivity contribution in [3.63, 3.8) is 0 Å². The molecule has 0 aliphatic carbocycles. The van der Waals surface area contributed by atoms with E-state index in [4.69, 9.17) is 27.9 Å². The third-order valence-electron chi connectivity index (χ3n) is 4.71. The molecule has 0 atom stereocenters. The maximum atomic E-state index is 12.4. The van der Waals surface area contributed by atoms with Crippen molar-refractivity contribution < 1.29 is 9.53 Å². The lowest BCUT2D eigenvalue weighted by atomic mass is 10.2. The van der Waals surface area contributed by atoms with Gasteiger partial charge in [-0.2, -0.15) is 0 Å². The number of halogens is 3. The number of carbonyl (C=O) groups excluding carboxylic acids is 1. The van der Waals surface area contributed by atoms with E-state index in [1.165, 1.54) is 11.8 Å². The molecule has 4 nitrogen and oxygen atoms in total. The van der Waals surface area contributed by atoms with Crippen molar-refractivity contribution in [2.45, 2.75) is 13.5 Å². The number of amides is 1. The summed E-state index contributed by atoms with van der Waals surface area (Å²) in [5, 5.41) is 4.63. The maximum absolute atomic E-state index is 12.4. The van der Waals surface area contributed by atoms with Crippen LogP contribution in [0.4, 0.5) is 5.69 Å². The van der Waals surface area contributed by atoms with E-state index in [9.17, 15) is 4.79 Å². The monoisotopic (exact) mass is 546 g/mol. The van der Waals surface area contributed by atoms with Crippen molar-refractivity contribution in [1.29, 1.82) is 0 Å². The summed E-state index contributed by atoms with van der Waals surface area (Å²) in [6, 6.07) is 18.7. The van der Waals surface area contributed by atoms with E-state index in [0.717, 1.165) is 26.9 Å². The molecule has 1 heterocycles. The number of benzene rings is 3. The van der Waals surface area contributed by atoms with Crippen molar-refractivity contribution in [1.82, 2.24) is 5.32 Å². The fraction of sp³-hybridized carbons (Fsp3) is 0.0833. The fourth-order valence-corrected chi connectivity index (χ4v) is 4.66. The Morgan fingerprint density at radius 1 is 1.09 bits per heavy atom. The quantitative estimate of drug-likeness (QED) is 0.336. The number of amidine groups is 1. The summed E-state index contributed by atoms with van der Waals surface area (Å²) in [4.78, 5) is 17.5. The summed E-state index contributed by atoms with van der Waals surface area (Å²) in [5.41, 5.74) is 3.36. The number of thioether (sulfide) groups is 1. The highest BCUT2D eigenvalue weighted by molar-refractivity contribution is 9.10. The molecule has 1 N–H and O–H groups in total. The van der Waals surface area contributed by atoms with Gasteiger partial charge in [0.1, 0.15) is 12.4 Å². The number of ether oxygens (including phenoxy) is 1. The van der Waals surface area contributed by atoms with Crippen molar-refractivity contribution in [3.05, 3.63) is 96.8 Å². The minimum Gasteiger partial charge on any atom is -0.488 e. The molecule has 0 saturated carbocycles. The van der Waals surface area contributed by atoms with Crippen LogP contribution < -0.4 is 10.1 Å². The molecule has 1 fully saturated rings. The topological polar surface area (TPSA) is 50.7 Å². The van der Waals surface area contributed by atoms with Gasteiger partial charge in [-0.3, -0.25) is 4.79 Å². The van der Waals surface area contributed by atoms with Gasteiger partial charge in [-0.15, -0.1) is 0 Å². The molecule has 0 aromatic heterocycles. The van der Waals surface area contributed by atoms with Gasteiger partial charge in [-0.05, 0) is 82.2 Å². The third kappa shape index (κ3) is 5.38. The van der Waals surface area contributed by atoms with Gasteiger partial charge in [0.15, 0.2) is 5.17 Å². The second-order valence-electron chi connectivity index (χ2n) is 6.94. The Bertz CT molecular complexity index is 1260. The Balaban J connectivity index is 1.48. The predicted octanol–water partition coefficient (Wildman–Crippen LogP) is 7.53. The first-order chi connectivity index (χ1) is 15.4. The fourth-order valence-electron chi connectivity index (χ4n) is 2.95. The minimum absolute atomic E-state index is 0.191. The van der Waals surface area contributed by atoms with Crippen LogP contribution in [0.2, 0.25) is 10.0 Å². The van der Waals surface area contributed by atoms with E-state index in [1.807, 2.05) is 73.7 Å². The van der Waals surface area contributed by atoms with Crippen LogP contribution in [0.1, 0.15) is 16.7 Å². The molecule has 1 aliphatic rings. The van der Waals surface area contributed by atoms with Crippen LogP contribution in [-0.4, -0.2) is 11.1 Å². The highest BCUT2D eigenvalue weighted by Gasteiger charge is 2.24. The highest BCUT2D eigenvalue weighted by atomic mass is 79.9. The first kappa shape index (κ1) is 22.9. The second-order valence-corrected chi connectivity index (χ2v) is 9.64. The van der Waals surface area contributed by atoms with Crippen molar-refractivity contribution in [2.75, 3.05) is 0 Å². The van der Waals surface area contributed by atoms with Gasteiger partial charge in [0, 0.05) is 15.6 Å². The number of nitrogens with one attached hydrogen (secondary N) is 1. The van der Waals surface area contributed by atoms with Crippen molar-refractivity contribution in [2.24, 2.45) is 4.99 Å². The smallest absolute Gasteiger partial charge is 0.264 e. The molecule has 1 saturated heterocycles.